The molecule has 11 aromatic rings. The van der Waals surface area contributed by atoms with Crippen molar-refractivity contribution in [3.8, 4) is 78.8 Å². The van der Waals surface area contributed by atoms with E-state index in [-0.39, 0.29) is 0 Å². The van der Waals surface area contributed by atoms with E-state index >= 15 is 0 Å². The van der Waals surface area contributed by atoms with Gasteiger partial charge in [0.15, 0.2) is 23.1 Å². The van der Waals surface area contributed by atoms with Crippen LogP contribution < -0.4 is 0 Å². The monoisotopic (exact) mass is 754 g/mol. The van der Waals surface area contributed by atoms with E-state index in [1.807, 2.05) is 66.7 Å². The highest BCUT2D eigenvalue weighted by Crippen LogP contribution is 2.42. The van der Waals surface area contributed by atoms with Crippen molar-refractivity contribution in [1.82, 2.24) is 19.9 Å². The summed E-state index contributed by atoms with van der Waals surface area (Å²) < 4.78 is 6.53. The molecule has 3 heterocycles. The number of aromatic nitrogens is 4. The fraction of sp³-hybridized carbons (Fsp3) is 0. The van der Waals surface area contributed by atoms with E-state index in [2.05, 4.69) is 140 Å². The highest BCUT2D eigenvalue weighted by molar-refractivity contribution is 6.22. The van der Waals surface area contributed by atoms with Gasteiger partial charge < -0.3 is 4.42 Å². The smallest absolute Gasteiger partial charge is 0.164 e. The first-order chi connectivity index (χ1) is 29.2. The van der Waals surface area contributed by atoms with Crippen LogP contribution in [-0.4, -0.2) is 19.9 Å². The number of fused-ring (bicyclic) bond motifs is 5. The van der Waals surface area contributed by atoms with Crippen LogP contribution >= 0.6 is 0 Å². The number of benzene rings is 8. The molecule has 0 aliphatic carbocycles. The maximum atomic E-state index is 6.53. The summed E-state index contributed by atoms with van der Waals surface area (Å²) >= 11 is 0. The van der Waals surface area contributed by atoms with Crippen molar-refractivity contribution >= 4 is 32.8 Å². The Morgan fingerprint density at radius 1 is 0.305 bits per heavy atom. The molecular weight excluding hydrogens is 721 g/mol. The lowest BCUT2D eigenvalue weighted by atomic mass is 9.95. The Labute approximate surface area is 341 Å². The number of nitrogens with zero attached hydrogens (tertiary/aromatic N) is 4. The van der Waals surface area contributed by atoms with Gasteiger partial charge in [0.25, 0.3) is 0 Å². The molecule has 0 radical (unpaired) electrons. The molecule has 3 aromatic heterocycles. The second kappa shape index (κ2) is 14.5. The van der Waals surface area contributed by atoms with Crippen LogP contribution in [0.25, 0.3) is 112 Å². The van der Waals surface area contributed by atoms with E-state index < -0.39 is 0 Å². The Morgan fingerprint density at radius 2 is 0.763 bits per heavy atom. The van der Waals surface area contributed by atoms with Crippen LogP contribution in [0.2, 0.25) is 0 Å². The lowest BCUT2D eigenvalue weighted by Gasteiger charge is -2.12. The Balaban J connectivity index is 1.01. The third kappa shape index (κ3) is 6.32. The van der Waals surface area contributed by atoms with Gasteiger partial charge in [-0.1, -0.05) is 188 Å². The van der Waals surface area contributed by atoms with Gasteiger partial charge in [-0.15, -0.1) is 0 Å². The zero-order chi connectivity index (χ0) is 39.1. The first-order valence-corrected chi connectivity index (χ1v) is 19.7. The quantitative estimate of drug-likeness (QED) is 0.162. The van der Waals surface area contributed by atoms with E-state index in [9.17, 15) is 0 Å². The molecule has 0 unspecified atom stereocenters. The summed E-state index contributed by atoms with van der Waals surface area (Å²) in [7, 11) is 0. The summed E-state index contributed by atoms with van der Waals surface area (Å²) in [5.41, 5.74) is 13.8. The van der Waals surface area contributed by atoms with Crippen LogP contribution in [-0.2, 0) is 0 Å². The SMILES string of the molecule is c1ccc(-c2ccc(-c3nc(-c4ccccc4)nc(-c4cccc(-c5cccc(-c6cccc7c6nc(-c6ccccc6)c6oc8ccccc8c67)c5)c4)n3)cc2)cc1. The molecule has 0 bridgehead atoms. The number of hydrogen-bond acceptors (Lipinski definition) is 5. The lowest BCUT2D eigenvalue weighted by Crippen LogP contribution is -2.00. The molecule has 0 spiro atoms. The van der Waals surface area contributed by atoms with Gasteiger partial charge in [-0.25, -0.2) is 19.9 Å². The average molecular weight is 755 g/mol. The first-order valence-electron chi connectivity index (χ1n) is 19.7. The molecular formula is C54H34N4O. The summed E-state index contributed by atoms with van der Waals surface area (Å²) in [6.45, 7) is 0. The Morgan fingerprint density at radius 3 is 1.46 bits per heavy atom. The molecule has 0 saturated carbocycles. The molecule has 11 rings (SSSR count). The van der Waals surface area contributed by atoms with E-state index in [1.165, 1.54) is 5.56 Å². The van der Waals surface area contributed by atoms with Crippen molar-refractivity contribution < 1.29 is 4.42 Å². The maximum absolute atomic E-state index is 6.53. The van der Waals surface area contributed by atoms with Crippen LogP contribution in [0, 0.1) is 0 Å². The zero-order valence-electron chi connectivity index (χ0n) is 31.8. The van der Waals surface area contributed by atoms with Crippen LogP contribution in [0.5, 0.6) is 0 Å². The molecule has 5 nitrogen and oxygen atoms in total. The minimum absolute atomic E-state index is 0.613. The maximum Gasteiger partial charge on any atom is 0.164 e. The fourth-order valence-electron chi connectivity index (χ4n) is 8.03. The second-order valence-electron chi connectivity index (χ2n) is 14.6. The van der Waals surface area contributed by atoms with Gasteiger partial charge in [0.1, 0.15) is 11.3 Å². The lowest BCUT2D eigenvalue weighted by molar-refractivity contribution is 0.669. The molecule has 0 N–H and O–H groups in total. The number of rotatable bonds is 7. The first kappa shape index (κ1) is 34.2. The normalized spacial score (nSPS) is 11.4. The highest BCUT2D eigenvalue weighted by Gasteiger charge is 2.20. The van der Waals surface area contributed by atoms with Gasteiger partial charge in [-0.05, 0) is 46.0 Å². The van der Waals surface area contributed by atoms with E-state index in [4.69, 9.17) is 24.4 Å². The van der Waals surface area contributed by atoms with E-state index in [1.54, 1.807) is 0 Å². The number of hydrogen-bond donors (Lipinski definition) is 0. The van der Waals surface area contributed by atoms with Gasteiger partial charge in [0.05, 0.1) is 5.52 Å². The fourth-order valence-corrected chi connectivity index (χ4v) is 8.03. The van der Waals surface area contributed by atoms with Gasteiger partial charge >= 0.3 is 0 Å². The molecule has 276 valence electrons. The third-order valence-electron chi connectivity index (χ3n) is 10.9. The van der Waals surface area contributed by atoms with Gasteiger partial charge in [0, 0.05) is 44.0 Å². The molecule has 8 aromatic carbocycles. The summed E-state index contributed by atoms with van der Waals surface area (Å²) in [4.78, 5) is 20.5. The molecule has 0 amide bonds. The van der Waals surface area contributed by atoms with Crippen molar-refractivity contribution in [2.45, 2.75) is 0 Å². The predicted octanol–water partition coefficient (Wildman–Crippen LogP) is 14.0. The van der Waals surface area contributed by atoms with E-state index in [0.29, 0.717) is 17.5 Å². The van der Waals surface area contributed by atoms with E-state index in [0.717, 1.165) is 88.6 Å². The predicted molar refractivity (Wildman–Crippen MR) is 240 cm³/mol. The Bertz CT molecular complexity index is 3310. The van der Waals surface area contributed by atoms with Crippen molar-refractivity contribution in [2.75, 3.05) is 0 Å². The minimum Gasteiger partial charge on any atom is -0.454 e. The second-order valence-corrected chi connectivity index (χ2v) is 14.6. The molecule has 0 fully saturated rings. The number of furan rings is 1. The topological polar surface area (TPSA) is 64.7 Å². The van der Waals surface area contributed by atoms with Crippen molar-refractivity contribution in [2.24, 2.45) is 0 Å². The summed E-state index contributed by atoms with van der Waals surface area (Å²) in [6, 6.07) is 71.0. The summed E-state index contributed by atoms with van der Waals surface area (Å²) in [5, 5.41) is 3.22. The number of pyridine rings is 1. The largest absolute Gasteiger partial charge is 0.454 e. The number of para-hydroxylation sites is 2. The third-order valence-corrected chi connectivity index (χ3v) is 10.9. The molecule has 0 aliphatic heterocycles. The zero-order valence-corrected chi connectivity index (χ0v) is 31.8. The van der Waals surface area contributed by atoms with Crippen molar-refractivity contribution in [3.05, 3.63) is 206 Å². The van der Waals surface area contributed by atoms with Crippen molar-refractivity contribution in [3.63, 3.8) is 0 Å². The Kier molecular flexibility index (Phi) is 8.41. The molecule has 59 heavy (non-hydrogen) atoms. The average Bonchev–Trinajstić information content (AvgIpc) is 3.72. The molecule has 5 heteroatoms. The summed E-state index contributed by atoms with van der Waals surface area (Å²) in [5.74, 6) is 1.86. The van der Waals surface area contributed by atoms with Crippen LogP contribution in [0.4, 0.5) is 0 Å². The molecule has 0 aliphatic rings. The van der Waals surface area contributed by atoms with Crippen LogP contribution in [0.3, 0.4) is 0 Å². The molecule has 0 atom stereocenters. The standard InChI is InChI=1S/C54H34N4O/c1-4-15-35(16-5-1)36-29-31-39(32-30-36)53-56-52(38-19-8-3-9-20-38)57-54(58-53)43-24-13-22-41(34-43)40-21-12-23-42(33-40)44-26-14-27-46-48-45-25-10-11-28-47(45)59-51(48)49(55-50(44)46)37-17-6-2-7-18-37/h1-34H. The van der Waals surface area contributed by atoms with Crippen molar-refractivity contribution in [1.29, 1.82) is 0 Å². The Hall–Kier alpha value is -8.02. The van der Waals surface area contributed by atoms with Crippen LogP contribution in [0.1, 0.15) is 0 Å². The minimum atomic E-state index is 0.613. The highest BCUT2D eigenvalue weighted by atomic mass is 16.3. The van der Waals surface area contributed by atoms with Gasteiger partial charge in [-0.2, -0.15) is 0 Å². The van der Waals surface area contributed by atoms with Crippen LogP contribution in [0.15, 0.2) is 211 Å². The van der Waals surface area contributed by atoms with Gasteiger partial charge in [0.2, 0.25) is 0 Å². The van der Waals surface area contributed by atoms with Gasteiger partial charge in [-0.3, -0.25) is 0 Å². The molecule has 0 saturated heterocycles. The summed E-state index contributed by atoms with van der Waals surface area (Å²) in [6.07, 6.45) is 0.